The van der Waals surface area contributed by atoms with E-state index in [-0.39, 0.29) is 34.1 Å². The van der Waals surface area contributed by atoms with E-state index in [0.29, 0.717) is 11.3 Å². The lowest BCUT2D eigenvalue weighted by atomic mass is 10.0. The number of carbonyl (C=O) groups excluding carboxylic acids is 1. The summed E-state index contributed by atoms with van der Waals surface area (Å²) in [5.41, 5.74) is -0.957. The summed E-state index contributed by atoms with van der Waals surface area (Å²) >= 11 is 5.79. The minimum atomic E-state index is -3.00. The molecule has 1 N–H and O–H groups in total. The van der Waals surface area contributed by atoms with E-state index in [0.717, 1.165) is 24.5 Å². The number of benzene rings is 1. The summed E-state index contributed by atoms with van der Waals surface area (Å²) in [4.78, 5) is 41.4. The van der Waals surface area contributed by atoms with Gasteiger partial charge in [0, 0.05) is 54.7 Å². The van der Waals surface area contributed by atoms with Gasteiger partial charge in [-0.05, 0) is 13.0 Å². The summed E-state index contributed by atoms with van der Waals surface area (Å²) in [7, 11) is 1.62. The van der Waals surface area contributed by atoms with Gasteiger partial charge in [-0.25, -0.2) is 37.5 Å². The molecule has 0 aliphatic rings. The molecule has 0 saturated heterocycles. The Kier molecular flexibility index (Phi) is 7.17. The van der Waals surface area contributed by atoms with Crippen molar-refractivity contribution in [3.63, 3.8) is 0 Å². The van der Waals surface area contributed by atoms with Crippen molar-refractivity contribution in [2.45, 2.75) is 19.4 Å². The van der Waals surface area contributed by atoms with Crippen molar-refractivity contribution < 1.29 is 18.0 Å². The number of nitrogens with zero attached hydrogens (tertiary/aromatic N) is 8. The third kappa shape index (κ3) is 5.08. The SMILES string of the molecule is C[C@@H](c1cnc(-n2ccn(C)c2=O)nc1)n1cc(NC(=O)c2cncc(-c3c(C(F)F)ccc(Cl)c3F)n2)cn1. The van der Waals surface area contributed by atoms with E-state index in [1.54, 1.807) is 42.7 Å². The molecule has 11 nitrogen and oxygen atoms in total. The Labute approximate surface area is 228 Å². The van der Waals surface area contributed by atoms with Crippen molar-refractivity contribution in [3.8, 4) is 17.2 Å². The first kappa shape index (κ1) is 26.7. The van der Waals surface area contributed by atoms with E-state index in [1.165, 1.54) is 15.3 Å². The van der Waals surface area contributed by atoms with Gasteiger partial charge in [0.05, 0.1) is 41.0 Å². The third-order valence-corrected chi connectivity index (χ3v) is 6.34. The summed E-state index contributed by atoms with van der Waals surface area (Å²) in [5.74, 6) is -1.59. The summed E-state index contributed by atoms with van der Waals surface area (Å²) in [6, 6.07) is 1.68. The fraction of sp³-hybridized carbons (Fsp3) is 0.160. The third-order valence-electron chi connectivity index (χ3n) is 6.04. The lowest BCUT2D eigenvalue weighted by molar-refractivity contribution is 0.102. The molecule has 1 amide bonds. The highest BCUT2D eigenvalue weighted by Gasteiger charge is 2.23. The first-order valence-electron chi connectivity index (χ1n) is 11.6. The maximum Gasteiger partial charge on any atom is 0.334 e. The number of hydrogen-bond acceptors (Lipinski definition) is 7. The maximum absolute atomic E-state index is 14.7. The van der Waals surface area contributed by atoms with Gasteiger partial charge in [0.15, 0.2) is 5.82 Å². The van der Waals surface area contributed by atoms with Crippen LogP contribution in [0.25, 0.3) is 17.2 Å². The Hall–Kier alpha value is -4.85. The van der Waals surface area contributed by atoms with E-state index < -0.39 is 29.3 Å². The Morgan fingerprint density at radius 1 is 1.07 bits per heavy atom. The predicted octanol–water partition coefficient (Wildman–Crippen LogP) is 4.21. The van der Waals surface area contributed by atoms with E-state index in [1.807, 2.05) is 6.92 Å². The standard InChI is InChI=1S/C25H19ClF3N9O2/c1-13(14-7-31-24(32-8-14)37-6-5-36(2)25(37)40)38-12-15(9-33-38)34-23(39)19-11-30-10-18(35-19)20-16(22(28)29)3-4-17(26)21(20)27/h3-13,22H,1-2H3,(H,34,39)/t13-/m0/s1. The summed E-state index contributed by atoms with van der Waals surface area (Å²) in [5, 5.41) is 6.49. The number of nitrogens with one attached hydrogen (secondary N) is 1. The average molecular weight is 570 g/mol. The number of anilines is 1. The minimum absolute atomic E-state index is 0.219. The normalized spacial score (nSPS) is 12.1. The van der Waals surface area contributed by atoms with E-state index in [4.69, 9.17) is 11.6 Å². The molecule has 0 unspecified atom stereocenters. The van der Waals surface area contributed by atoms with E-state index in [2.05, 4.69) is 30.4 Å². The van der Waals surface area contributed by atoms with Gasteiger partial charge in [0.2, 0.25) is 5.95 Å². The van der Waals surface area contributed by atoms with Crippen LogP contribution in [0.3, 0.4) is 0 Å². The predicted molar refractivity (Wildman–Crippen MR) is 138 cm³/mol. The smallest absolute Gasteiger partial charge is 0.318 e. The highest BCUT2D eigenvalue weighted by atomic mass is 35.5. The number of amides is 1. The molecule has 204 valence electrons. The van der Waals surface area contributed by atoms with Crippen LogP contribution in [0.5, 0.6) is 0 Å². The van der Waals surface area contributed by atoms with Crippen molar-refractivity contribution >= 4 is 23.2 Å². The monoisotopic (exact) mass is 569 g/mol. The second kappa shape index (κ2) is 10.7. The molecule has 0 bridgehead atoms. The van der Waals surface area contributed by atoms with Crippen molar-refractivity contribution in [1.29, 1.82) is 0 Å². The largest absolute Gasteiger partial charge is 0.334 e. The molecule has 0 radical (unpaired) electrons. The zero-order valence-electron chi connectivity index (χ0n) is 20.8. The zero-order valence-corrected chi connectivity index (χ0v) is 21.6. The number of rotatable bonds is 7. The number of aryl methyl sites for hydroxylation is 1. The van der Waals surface area contributed by atoms with E-state index in [9.17, 15) is 22.8 Å². The zero-order chi connectivity index (χ0) is 28.6. The molecular weight excluding hydrogens is 551 g/mol. The highest BCUT2D eigenvalue weighted by molar-refractivity contribution is 6.31. The first-order valence-corrected chi connectivity index (χ1v) is 12.0. The van der Waals surface area contributed by atoms with Crippen LogP contribution in [0, 0.1) is 5.82 Å². The lowest BCUT2D eigenvalue weighted by Crippen LogP contribution is -2.22. The van der Waals surface area contributed by atoms with Gasteiger partial charge in [-0.2, -0.15) is 5.10 Å². The first-order chi connectivity index (χ1) is 19.1. The molecule has 0 spiro atoms. The minimum Gasteiger partial charge on any atom is -0.318 e. The van der Waals surface area contributed by atoms with Crippen LogP contribution in [0.15, 0.2) is 66.5 Å². The fourth-order valence-electron chi connectivity index (χ4n) is 3.85. The van der Waals surface area contributed by atoms with Crippen LogP contribution in [-0.4, -0.2) is 44.8 Å². The molecule has 5 aromatic rings. The topological polar surface area (TPSA) is 125 Å². The van der Waals surface area contributed by atoms with Crippen molar-refractivity contribution in [2.75, 3.05) is 5.32 Å². The molecule has 1 atom stereocenters. The van der Waals surface area contributed by atoms with Crippen molar-refractivity contribution in [2.24, 2.45) is 7.05 Å². The summed E-state index contributed by atoms with van der Waals surface area (Å²) in [6.45, 7) is 1.83. The highest BCUT2D eigenvalue weighted by Crippen LogP contribution is 2.35. The Bertz CT molecular complexity index is 1770. The number of hydrogen-bond donors (Lipinski definition) is 1. The number of aromatic nitrogens is 8. The van der Waals surface area contributed by atoms with Crippen LogP contribution in [0.2, 0.25) is 5.02 Å². The molecular formula is C25H19ClF3N9O2. The molecule has 0 aliphatic carbocycles. The molecule has 4 heterocycles. The molecule has 0 fully saturated rings. The summed E-state index contributed by atoms with van der Waals surface area (Å²) < 4.78 is 45.9. The molecule has 15 heteroatoms. The van der Waals surface area contributed by atoms with Crippen LogP contribution < -0.4 is 11.0 Å². The molecule has 1 aromatic carbocycles. The molecule has 0 aliphatic heterocycles. The van der Waals surface area contributed by atoms with Gasteiger partial charge < -0.3 is 9.88 Å². The lowest BCUT2D eigenvalue weighted by Gasteiger charge is -2.12. The summed E-state index contributed by atoms with van der Waals surface area (Å²) in [6.07, 6.45) is 8.43. The molecule has 40 heavy (non-hydrogen) atoms. The van der Waals surface area contributed by atoms with Gasteiger partial charge in [0.25, 0.3) is 12.3 Å². The number of halogens is 4. The van der Waals surface area contributed by atoms with Crippen LogP contribution in [0.4, 0.5) is 18.9 Å². The van der Waals surface area contributed by atoms with E-state index >= 15 is 0 Å². The second-order valence-corrected chi connectivity index (χ2v) is 9.04. The quantitative estimate of drug-likeness (QED) is 0.311. The molecule has 0 saturated carbocycles. The van der Waals surface area contributed by atoms with Gasteiger partial charge in [0.1, 0.15) is 5.69 Å². The Morgan fingerprint density at radius 2 is 1.82 bits per heavy atom. The Balaban J connectivity index is 1.33. The molecule has 5 rings (SSSR count). The number of imidazole rings is 1. The Morgan fingerprint density at radius 3 is 2.50 bits per heavy atom. The van der Waals surface area contributed by atoms with Gasteiger partial charge in [-0.15, -0.1) is 0 Å². The average Bonchev–Trinajstić information content (AvgIpc) is 3.55. The fourth-order valence-corrected chi connectivity index (χ4v) is 4.01. The molecule has 4 aromatic heterocycles. The van der Waals surface area contributed by atoms with Gasteiger partial charge >= 0.3 is 5.69 Å². The second-order valence-electron chi connectivity index (χ2n) is 8.63. The maximum atomic E-state index is 14.7. The van der Waals surface area contributed by atoms with Gasteiger partial charge in [-0.3, -0.25) is 14.5 Å². The van der Waals surface area contributed by atoms with Gasteiger partial charge in [-0.1, -0.05) is 17.7 Å². The van der Waals surface area contributed by atoms with Crippen molar-refractivity contribution in [1.82, 2.24) is 38.9 Å². The number of carbonyl (C=O) groups is 1. The van der Waals surface area contributed by atoms with Crippen molar-refractivity contribution in [3.05, 3.63) is 99.9 Å². The van der Waals surface area contributed by atoms with Crippen LogP contribution in [-0.2, 0) is 7.05 Å². The number of alkyl halides is 2. The van der Waals surface area contributed by atoms with Crippen LogP contribution in [0.1, 0.15) is 41.0 Å². The van der Waals surface area contributed by atoms with Crippen LogP contribution >= 0.6 is 11.6 Å².